The van der Waals surface area contributed by atoms with Crippen LogP contribution in [0.3, 0.4) is 0 Å². The molecule has 0 spiro atoms. The van der Waals surface area contributed by atoms with Gasteiger partial charge in [-0.3, -0.25) is 14.8 Å². The summed E-state index contributed by atoms with van der Waals surface area (Å²) in [6.45, 7) is 10.7. The topological polar surface area (TPSA) is 126 Å². The summed E-state index contributed by atoms with van der Waals surface area (Å²) in [7, 11) is -1.60. The Morgan fingerprint density at radius 2 is 1.82 bits per heavy atom. The maximum atomic E-state index is 13.5. The molecule has 3 aliphatic carbocycles. The van der Waals surface area contributed by atoms with Crippen LogP contribution in [-0.4, -0.2) is 63.1 Å². The van der Waals surface area contributed by atoms with Gasteiger partial charge in [0.25, 0.3) is 0 Å². The van der Waals surface area contributed by atoms with Gasteiger partial charge in [0.2, 0.25) is 0 Å². The predicted molar refractivity (Wildman–Crippen MR) is 188 cm³/mol. The maximum Gasteiger partial charge on any atom is 0.453 e. The monoisotopic (exact) mass is 748 g/mol. The van der Waals surface area contributed by atoms with Crippen LogP contribution in [-0.2, 0) is 17.2 Å². The van der Waals surface area contributed by atoms with E-state index >= 15 is 0 Å². The Morgan fingerprint density at radius 1 is 1.10 bits per heavy atom. The smallest absolute Gasteiger partial charge is 0.410 e. The van der Waals surface area contributed by atoms with Gasteiger partial charge in [0.1, 0.15) is 12.0 Å². The SMILES string of the molecule is CC(C)(CC[C@@H]1Cc2cc(OC(=O)NC3CCNC(N)N3)ccc2[C@H]2CC[C@]3(C)[C@@H](O)CC[C@H]3[C@H]12)CC(C)(C)S(=O)CCCC(F)(F)C(F)(F)F. The van der Waals surface area contributed by atoms with Crippen molar-refractivity contribution in [2.45, 2.75) is 147 Å². The van der Waals surface area contributed by atoms with Gasteiger partial charge in [-0.25, -0.2) is 4.79 Å². The predicted octanol–water partition coefficient (Wildman–Crippen LogP) is 7.07. The van der Waals surface area contributed by atoms with Crippen molar-refractivity contribution >= 4 is 16.9 Å². The number of hydrogen-bond donors (Lipinski definition) is 5. The lowest BCUT2D eigenvalue weighted by molar-refractivity contribution is -0.284. The third-order valence-corrected chi connectivity index (χ3v) is 14.5. The molecule has 3 fully saturated rings. The van der Waals surface area contributed by atoms with Gasteiger partial charge in [-0.1, -0.05) is 26.8 Å². The Kier molecular flexibility index (Phi) is 11.9. The quantitative estimate of drug-likeness (QED) is 0.145. The third-order valence-electron chi connectivity index (χ3n) is 12.5. The fraction of sp³-hybridized carbons (Fsp3) is 0.811. The van der Waals surface area contributed by atoms with Crippen LogP contribution in [0, 0.1) is 28.6 Å². The lowest BCUT2D eigenvalue weighted by Crippen LogP contribution is -2.63. The Labute approximate surface area is 301 Å². The average molecular weight is 749 g/mol. The molecule has 1 aliphatic heterocycles. The Morgan fingerprint density at radius 3 is 2.51 bits per heavy atom. The number of aliphatic hydroxyl groups excluding tert-OH is 1. The van der Waals surface area contributed by atoms with E-state index in [1.807, 2.05) is 12.1 Å². The van der Waals surface area contributed by atoms with Crippen LogP contribution in [0.5, 0.6) is 5.75 Å². The summed E-state index contributed by atoms with van der Waals surface area (Å²) in [6.07, 6.45) is -1.73. The molecule has 0 aromatic heterocycles. The largest absolute Gasteiger partial charge is 0.453 e. The molecule has 3 unspecified atom stereocenters. The van der Waals surface area contributed by atoms with Gasteiger partial charge in [-0.05, 0) is 136 Å². The van der Waals surface area contributed by atoms with E-state index in [-0.39, 0.29) is 28.9 Å². The molecule has 8 nitrogen and oxygen atoms in total. The molecule has 6 N–H and O–H groups in total. The highest BCUT2D eigenvalue weighted by molar-refractivity contribution is 7.86. The van der Waals surface area contributed by atoms with Crippen LogP contribution in [0.1, 0.15) is 116 Å². The van der Waals surface area contributed by atoms with Crippen molar-refractivity contribution in [2.75, 3.05) is 12.3 Å². The summed E-state index contributed by atoms with van der Waals surface area (Å²) < 4.78 is 83.1. The van der Waals surface area contributed by atoms with Gasteiger partial charge in [0, 0.05) is 34.3 Å². The van der Waals surface area contributed by atoms with E-state index in [0.29, 0.717) is 48.8 Å². The molecule has 51 heavy (non-hydrogen) atoms. The van der Waals surface area contributed by atoms with Crippen LogP contribution in [0.2, 0.25) is 0 Å². The number of rotatable bonds is 12. The number of amides is 1. The summed E-state index contributed by atoms with van der Waals surface area (Å²) in [6, 6.07) is 5.95. The second kappa shape index (κ2) is 15.1. The maximum absolute atomic E-state index is 13.5. The standard InChI is InChI=1S/C37H57F5N4O4S/c1-33(2,21-34(3,4)51(49)18-6-14-36(38,39)37(40,41)42)15-11-22-19-23-20-24(50-32(48)46-29-13-17-44-31(43)45-29)7-8-25(23)26-12-16-35(5)27(30(22)26)9-10-28(35)47/h7-8,20,22,26-31,44-45,47H,6,9-19,21,43H2,1-5H3,(H,46,48)/t22-,26-,27+,28+,29?,30-,31?,35+,51?/m1/s1. The number of carbonyl (C=O) groups excluding carboxylic acids is 1. The molecular weight excluding hydrogens is 691 g/mol. The van der Waals surface area contributed by atoms with Crippen molar-refractivity contribution in [3.63, 3.8) is 0 Å². The summed E-state index contributed by atoms with van der Waals surface area (Å²) in [5, 5.41) is 20.1. The second-order valence-electron chi connectivity index (χ2n) is 17.2. The zero-order chi connectivity index (χ0) is 37.6. The van der Waals surface area contributed by atoms with E-state index < -0.39 is 52.9 Å². The first-order valence-corrected chi connectivity index (χ1v) is 19.8. The number of hydrogen-bond acceptors (Lipinski definition) is 7. The highest BCUT2D eigenvalue weighted by Crippen LogP contribution is 2.63. The van der Waals surface area contributed by atoms with Crippen LogP contribution in [0.4, 0.5) is 26.7 Å². The van der Waals surface area contributed by atoms with Gasteiger partial charge in [0.15, 0.2) is 0 Å². The van der Waals surface area contributed by atoms with Gasteiger partial charge in [-0.15, -0.1) is 0 Å². The molecule has 5 rings (SSSR count). The first kappa shape index (κ1) is 40.3. The Hall–Kier alpha value is -1.87. The first-order chi connectivity index (χ1) is 23.6. The fourth-order valence-corrected chi connectivity index (χ4v) is 11.5. The molecular formula is C37H57F5N4O4S. The molecule has 1 amide bonds. The van der Waals surface area contributed by atoms with Crippen LogP contribution in [0.15, 0.2) is 18.2 Å². The number of fused-ring (bicyclic) bond motifs is 5. The van der Waals surface area contributed by atoms with E-state index in [9.17, 15) is 36.1 Å². The van der Waals surface area contributed by atoms with Crippen LogP contribution >= 0.6 is 0 Å². The Bertz CT molecular complexity index is 1430. The van der Waals surface area contributed by atoms with Crippen molar-refractivity contribution in [1.29, 1.82) is 0 Å². The number of nitrogens with two attached hydrogens (primary N) is 1. The van der Waals surface area contributed by atoms with E-state index in [1.54, 1.807) is 13.8 Å². The zero-order valence-electron chi connectivity index (χ0n) is 30.5. The molecule has 1 aromatic rings. The van der Waals surface area contributed by atoms with Gasteiger partial charge < -0.3 is 20.9 Å². The summed E-state index contributed by atoms with van der Waals surface area (Å²) in [4.78, 5) is 12.8. The number of carbonyl (C=O) groups is 1. The summed E-state index contributed by atoms with van der Waals surface area (Å²) >= 11 is 0. The summed E-state index contributed by atoms with van der Waals surface area (Å²) in [5.41, 5.74) is 7.90. The minimum Gasteiger partial charge on any atom is -0.410 e. The molecule has 290 valence electrons. The number of ether oxygens (including phenoxy) is 1. The summed E-state index contributed by atoms with van der Waals surface area (Å²) in [5.74, 6) is -3.20. The lowest BCUT2D eigenvalue weighted by atomic mass is 9.52. The van der Waals surface area contributed by atoms with E-state index in [0.717, 1.165) is 50.5 Å². The third kappa shape index (κ3) is 9.09. The second-order valence-corrected chi connectivity index (χ2v) is 19.4. The number of benzene rings is 1. The average Bonchev–Trinajstić information content (AvgIpc) is 3.32. The molecule has 1 heterocycles. The van der Waals surface area contributed by atoms with Crippen LogP contribution in [0.25, 0.3) is 0 Å². The number of alkyl halides is 5. The highest BCUT2D eigenvalue weighted by atomic mass is 32.2. The Balaban J connectivity index is 1.28. The van der Waals surface area contributed by atoms with Gasteiger partial charge in [-0.2, -0.15) is 22.0 Å². The fourth-order valence-electron chi connectivity index (χ4n) is 9.96. The first-order valence-electron chi connectivity index (χ1n) is 18.5. The molecule has 0 bridgehead atoms. The molecule has 1 aromatic carbocycles. The molecule has 4 aliphatic rings. The number of halogens is 5. The van der Waals surface area contributed by atoms with Crippen molar-refractivity contribution in [3.8, 4) is 5.75 Å². The molecule has 9 atom stereocenters. The molecule has 14 heteroatoms. The number of aliphatic hydroxyl groups is 1. The van der Waals surface area contributed by atoms with Crippen molar-refractivity contribution in [1.82, 2.24) is 16.0 Å². The molecule has 1 saturated heterocycles. The zero-order valence-corrected chi connectivity index (χ0v) is 31.3. The van der Waals surface area contributed by atoms with E-state index in [4.69, 9.17) is 10.5 Å². The lowest BCUT2D eigenvalue weighted by Gasteiger charge is -2.53. The van der Waals surface area contributed by atoms with Gasteiger partial charge in [0.05, 0.1) is 12.3 Å². The molecule has 2 saturated carbocycles. The van der Waals surface area contributed by atoms with E-state index in [2.05, 4.69) is 42.8 Å². The van der Waals surface area contributed by atoms with Crippen molar-refractivity contribution in [2.24, 2.45) is 34.3 Å². The van der Waals surface area contributed by atoms with Crippen molar-refractivity contribution < 1.29 is 40.8 Å². The number of nitrogens with one attached hydrogen (secondary N) is 3. The minimum atomic E-state index is -5.61. The van der Waals surface area contributed by atoms with Crippen molar-refractivity contribution in [3.05, 3.63) is 29.3 Å². The van der Waals surface area contributed by atoms with E-state index in [1.165, 1.54) is 5.56 Å². The van der Waals surface area contributed by atoms with Crippen LogP contribution < -0.4 is 26.4 Å². The molecule has 0 radical (unpaired) electrons. The highest BCUT2D eigenvalue weighted by Gasteiger charge is 2.58. The van der Waals surface area contributed by atoms with Gasteiger partial charge >= 0.3 is 18.2 Å². The normalized spacial score (nSPS) is 32.0. The minimum absolute atomic E-state index is 0.138.